The van der Waals surface area contributed by atoms with Crippen LogP contribution < -0.4 is 19.5 Å². The molecule has 1 unspecified atom stereocenters. The molecule has 1 N–H and O–H groups in total. The molecule has 1 fully saturated rings. The van der Waals surface area contributed by atoms with Crippen LogP contribution in [0.2, 0.25) is 0 Å². The Labute approximate surface area is 208 Å². The van der Waals surface area contributed by atoms with Gasteiger partial charge in [-0.3, -0.25) is 9.59 Å². The lowest BCUT2D eigenvalue weighted by atomic mass is 9.94. The Morgan fingerprint density at radius 3 is 2.09 bits per heavy atom. The molecule has 1 atom stereocenters. The van der Waals surface area contributed by atoms with Gasteiger partial charge >= 0.3 is 0 Å². The van der Waals surface area contributed by atoms with Gasteiger partial charge in [-0.05, 0) is 76.3 Å². The summed E-state index contributed by atoms with van der Waals surface area (Å²) in [6, 6.07) is 13.4. The fourth-order valence-corrected chi connectivity index (χ4v) is 4.28. The van der Waals surface area contributed by atoms with Crippen molar-refractivity contribution in [3.05, 3.63) is 53.6 Å². The molecular formula is C28H38N2O5. The predicted molar refractivity (Wildman–Crippen MR) is 136 cm³/mol. The second-order valence-electron chi connectivity index (χ2n) is 9.43. The molecule has 190 valence electrons. The zero-order valence-corrected chi connectivity index (χ0v) is 21.5. The molecule has 1 aliphatic heterocycles. The standard InChI is InChI=1S/C28H38N2O5/c1-19(2)35-24-10-8-21(9-11-24)7-6-20(3)29-27(31)22-12-14-30(15-13-22)28(32)23-16-25(33-4)18-26(17-23)34-5/h8-11,16-20,22H,6-7,12-15H2,1-5H3,(H,29,31). The molecule has 1 heterocycles. The first kappa shape index (κ1) is 26.4. The van der Waals surface area contributed by atoms with Crippen LogP contribution in [0.3, 0.4) is 0 Å². The number of nitrogens with zero attached hydrogens (tertiary/aromatic N) is 1. The van der Waals surface area contributed by atoms with Crippen molar-refractivity contribution in [2.45, 2.75) is 58.6 Å². The largest absolute Gasteiger partial charge is 0.497 e. The minimum absolute atomic E-state index is 0.0701. The van der Waals surface area contributed by atoms with E-state index in [1.165, 1.54) is 5.56 Å². The number of hydrogen-bond acceptors (Lipinski definition) is 5. The molecule has 2 amide bonds. The molecule has 0 bridgehead atoms. The van der Waals surface area contributed by atoms with E-state index in [4.69, 9.17) is 14.2 Å². The molecule has 2 aromatic carbocycles. The van der Waals surface area contributed by atoms with E-state index in [9.17, 15) is 9.59 Å². The van der Waals surface area contributed by atoms with Gasteiger partial charge in [-0.1, -0.05) is 12.1 Å². The smallest absolute Gasteiger partial charge is 0.254 e. The summed E-state index contributed by atoms with van der Waals surface area (Å²) < 4.78 is 16.2. The first-order valence-electron chi connectivity index (χ1n) is 12.4. The third-order valence-electron chi connectivity index (χ3n) is 6.30. The van der Waals surface area contributed by atoms with E-state index in [-0.39, 0.29) is 29.9 Å². The number of nitrogens with one attached hydrogen (secondary N) is 1. The number of carbonyl (C=O) groups is 2. The first-order valence-corrected chi connectivity index (χ1v) is 12.4. The highest BCUT2D eigenvalue weighted by molar-refractivity contribution is 5.95. The normalized spacial score (nSPS) is 15.0. The summed E-state index contributed by atoms with van der Waals surface area (Å²) in [6.45, 7) is 7.17. The summed E-state index contributed by atoms with van der Waals surface area (Å²) in [7, 11) is 3.12. The summed E-state index contributed by atoms with van der Waals surface area (Å²) in [5, 5.41) is 3.16. The number of carbonyl (C=O) groups excluding carboxylic acids is 2. The average Bonchev–Trinajstić information content (AvgIpc) is 2.87. The summed E-state index contributed by atoms with van der Waals surface area (Å²) >= 11 is 0. The first-order chi connectivity index (χ1) is 16.8. The molecule has 0 saturated carbocycles. The number of benzene rings is 2. The summed E-state index contributed by atoms with van der Waals surface area (Å²) in [4.78, 5) is 27.6. The van der Waals surface area contributed by atoms with Gasteiger partial charge in [0.2, 0.25) is 5.91 Å². The van der Waals surface area contributed by atoms with Crippen molar-refractivity contribution in [3.63, 3.8) is 0 Å². The topological polar surface area (TPSA) is 77.1 Å². The Morgan fingerprint density at radius 2 is 1.54 bits per heavy atom. The average molecular weight is 483 g/mol. The van der Waals surface area contributed by atoms with Crippen LogP contribution in [-0.2, 0) is 11.2 Å². The molecule has 0 spiro atoms. The SMILES string of the molecule is COc1cc(OC)cc(C(=O)N2CCC(C(=O)NC(C)CCc3ccc(OC(C)C)cc3)CC2)c1. The fraction of sp³-hybridized carbons (Fsp3) is 0.500. The number of rotatable bonds is 10. The quantitative estimate of drug-likeness (QED) is 0.540. The maximum absolute atomic E-state index is 13.0. The van der Waals surface area contributed by atoms with Gasteiger partial charge in [-0.15, -0.1) is 0 Å². The molecule has 1 saturated heterocycles. The molecule has 7 nitrogen and oxygen atoms in total. The predicted octanol–water partition coefficient (Wildman–Crippen LogP) is 4.48. The van der Waals surface area contributed by atoms with E-state index < -0.39 is 0 Å². The second-order valence-corrected chi connectivity index (χ2v) is 9.43. The number of piperidine rings is 1. The molecule has 35 heavy (non-hydrogen) atoms. The molecule has 0 aromatic heterocycles. The van der Waals surface area contributed by atoms with Gasteiger partial charge in [-0.25, -0.2) is 0 Å². The Balaban J connectivity index is 1.44. The fourth-order valence-electron chi connectivity index (χ4n) is 4.28. The van der Waals surface area contributed by atoms with E-state index in [1.54, 1.807) is 37.3 Å². The van der Waals surface area contributed by atoms with Crippen molar-refractivity contribution in [1.29, 1.82) is 0 Å². The molecule has 3 rings (SSSR count). The van der Waals surface area contributed by atoms with Gasteiger partial charge in [0, 0.05) is 36.7 Å². The van der Waals surface area contributed by atoms with Gasteiger partial charge in [0.05, 0.1) is 20.3 Å². The van der Waals surface area contributed by atoms with E-state index in [2.05, 4.69) is 17.4 Å². The maximum Gasteiger partial charge on any atom is 0.254 e. The van der Waals surface area contributed by atoms with Gasteiger partial charge in [-0.2, -0.15) is 0 Å². The lowest BCUT2D eigenvalue weighted by Gasteiger charge is -2.32. The lowest BCUT2D eigenvalue weighted by Crippen LogP contribution is -2.44. The highest BCUT2D eigenvalue weighted by Gasteiger charge is 2.28. The van der Waals surface area contributed by atoms with Crippen LogP contribution in [0.25, 0.3) is 0 Å². The zero-order chi connectivity index (χ0) is 25.4. The second kappa shape index (κ2) is 12.5. The maximum atomic E-state index is 13.0. The van der Waals surface area contributed by atoms with Crippen molar-refractivity contribution in [3.8, 4) is 17.2 Å². The number of hydrogen-bond donors (Lipinski definition) is 1. The molecule has 2 aromatic rings. The molecular weight excluding hydrogens is 444 g/mol. The van der Waals surface area contributed by atoms with Crippen LogP contribution in [0, 0.1) is 5.92 Å². The third-order valence-corrected chi connectivity index (χ3v) is 6.30. The Bertz CT molecular complexity index is 959. The van der Waals surface area contributed by atoms with Crippen molar-refractivity contribution < 1.29 is 23.8 Å². The van der Waals surface area contributed by atoms with Crippen LogP contribution in [0.4, 0.5) is 0 Å². The van der Waals surface area contributed by atoms with E-state index in [1.807, 2.05) is 32.9 Å². The van der Waals surface area contributed by atoms with Crippen molar-refractivity contribution in [2.24, 2.45) is 5.92 Å². The number of methoxy groups -OCH3 is 2. The van der Waals surface area contributed by atoms with Crippen LogP contribution >= 0.6 is 0 Å². The summed E-state index contributed by atoms with van der Waals surface area (Å²) in [6.07, 6.45) is 3.23. The van der Waals surface area contributed by atoms with Crippen LogP contribution in [0.15, 0.2) is 42.5 Å². The van der Waals surface area contributed by atoms with Crippen molar-refractivity contribution in [1.82, 2.24) is 10.2 Å². The van der Waals surface area contributed by atoms with E-state index in [0.29, 0.717) is 43.0 Å². The number of likely N-dealkylation sites (tertiary alicyclic amines) is 1. The molecule has 0 aliphatic carbocycles. The van der Waals surface area contributed by atoms with E-state index in [0.717, 1.165) is 18.6 Å². The van der Waals surface area contributed by atoms with Crippen LogP contribution in [-0.4, -0.2) is 56.2 Å². The summed E-state index contributed by atoms with van der Waals surface area (Å²) in [5.41, 5.74) is 1.75. The molecule has 0 radical (unpaired) electrons. The van der Waals surface area contributed by atoms with Gasteiger partial charge in [0.1, 0.15) is 17.2 Å². The Hall–Kier alpha value is -3.22. The van der Waals surface area contributed by atoms with E-state index >= 15 is 0 Å². The number of aryl methyl sites for hydroxylation is 1. The third kappa shape index (κ3) is 7.64. The lowest BCUT2D eigenvalue weighted by molar-refractivity contribution is -0.126. The van der Waals surface area contributed by atoms with Crippen molar-refractivity contribution in [2.75, 3.05) is 27.3 Å². The van der Waals surface area contributed by atoms with Gasteiger partial charge < -0.3 is 24.4 Å². The van der Waals surface area contributed by atoms with Crippen LogP contribution in [0.5, 0.6) is 17.2 Å². The van der Waals surface area contributed by atoms with Crippen molar-refractivity contribution >= 4 is 11.8 Å². The zero-order valence-electron chi connectivity index (χ0n) is 21.5. The van der Waals surface area contributed by atoms with Gasteiger partial charge in [0.15, 0.2) is 0 Å². The molecule has 1 aliphatic rings. The van der Waals surface area contributed by atoms with Gasteiger partial charge in [0.25, 0.3) is 5.91 Å². The minimum atomic E-state index is -0.0752. The highest BCUT2D eigenvalue weighted by atomic mass is 16.5. The van der Waals surface area contributed by atoms with Crippen LogP contribution in [0.1, 0.15) is 56.0 Å². The number of amides is 2. The Kier molecular flexibility index (Phi) is 9.40. The monoisotopic (exact) mass is 482 g/mol. The number of ether oxygens (including phenoxy) is 3. The highest BCUT2D eigenvalue weighted by Crippen LogP contribution is 2.25. The molecule has 7 heteroatoms. The minimum Gasteiger partial charge on any atom is -0.497 e. The summed E-state index contributed by atoms with van der Waals surface area (Å²) in [5.74, 6) is 1.97. The Morgan fingerprint density at radius 1 is 0.943 bits per heavy atom.